The highest BCUT2D eigenvalue weighted by molar-refractivity contribution is 5.89. The van der Waals surface area contributed by atoms with Gasteiger partial charge in [-0.25, -0.2) is 9.48 Å². The summed E-state index contributed by atoms with van der Waals surface area (Å²) in [4.78, 5) is 13.0. The SMILES string of the molecule is COCc1ccc(OC(F)(F)F)c(CNC(=O)Nc2c(C)c(OC[C@H](N)COCc3ccccc3)nn2-c2ccccc2)c1. The smallest absolute Gasteiger partial charge is 0.475 e. The summed E-state index contributed by atoms with van der Waals surface area (Å²) in [5, 5.41) is 9.86. The molecule has 0 aliphatic carbocycles. The van der Waals surface area contributed by atoms with Crippen molar-refractivity contribution in [2.24, 2.45) is 5.73 Å². The molecule has 2 amide bonds. The molecule has 1 heterocycles. The summed E-state index contributed by atoms with van der Waals surface area (Å²) in [5.74, 6) is 0.122. The van der Waals surface area contributed by atoms with E-state index in [0.717, 1.165) is 5.56 Å². The number of carbonyl (C=O) groups excluding carboxylic acids is 1. The van der Waals surface area contributed by atoms with Gasteiger partial charge in [0.05, 0.1) is 37.1 Å². The van der Waals surface area contributed by atoms with Crippen LogP contribution < -0.4 is 25.8 Å². The van der Waals surface area contributed by atoms with Crippen molar-refractivity contribution in [1.82, 2.24) is 15.1 Å². The highest BCUT2D eigenvalue weighted by atomic mass is 19.4. The summed E-state index contributed by atoms with van der Waals surface area (Å²) in [6.45, 7) is 2.42. The van der Waals surface area contributed by atoms with Gasteiger partial charge in [-0.3, -0.25) is 5.32 Å². The maximum Gasteiger partial charge on any atom is 0.573 e. The molecule has 0 bridgehead atoms. The quantitative estimate of drug-likeness (QED) is 0.172. The number of ether oxygens (including phenoxy) is 4. The van der Waals surface area contributed by atoms with Crippen LogP contribution in [-0.4, -0.2) is 48.5 Å². The third-order valence-corrected chi connectivity index (χ3v) is 6.29. The van der Waals surface area contributed by atoms with Crippen LogP contribution in [0.25, 0.3) is 5.69 Å². The zero-order valence-electron chi connectivity index (χ0n) is 24.3. The number of carbonyl (C=O) groups is 1. The number of rotatable bonds is 14. The van der Waals surface area contributed by atoms with Gasteiger partial charge in [0.1, 0.15) is 18.2 Å². The summed E-state index contributed by atoms with van der Waals surface area (Å²) >= 11 is 0. The van der Waals surface area contributed by atoms with Crippen molar-refractivity contribution in [1.29, 1.82) is 0 Å². The average Bonchev–Trinajstić information content (AvgIpc) is 3.31. The van der Waals surface area contributed by atoms with Gasteiger partial charge in [-0.2, -0.15) is 0 Å². The van der Waals surface area contributed by atoms with Crippen molar-refractivity contribution in [3.63, 3.8) is 0 Å². The lowest BCUT2D eigenvalue weighted by atomic mass is 10.1. The van der Waals surface area contributed by atoms with E-state index in [1.807, 2.05) is 48.5 Å². The first-order valence-electron chi connectivity index (χ1n) is 13.7. The Hall–Kier alpha value is -4.59. The van der Waals surface area contributed by atoms with Gasteiger partial charge in [0.25, 0.3) is 0 Å². The van der Waals surface area contributed by atoms with Crippen molar-refractivity contribution >= 4 is 11.8 Å². The van der Waals surface area contributed by atoms with Crippen LogP contribution in [0.4, 0.5) is 23.8 Å². The molecule has 0 saturated carbocycles. The summed E-state index contributed by atoms with van der Waals surface area (Å²) in [6, 6.07) is 21.8. The molecule has 4 aromatic rings. The van der Waals surface area contributed by atoms with Gasteiger partial charge in [0, 0.05) is 19.2 Å². The van der Waals surface area contributed by atoms with Gasteiger partial charge < -0.3 is 30.0 Å². The predicted molar refractivity (Wildman–Crippen MR) is 158 cm³/mol. The van der Waals surface area contributed by atoms with Gasteiger partial charge in [0.2, 0.25) is 5.88 Å². The fourth-order valence-corrected chi connectivity index (χ4v) is 4.23. The van der Waals surface area contributed by atoms with Crippen LogP contribution in [0.1, 0.15) is 22.3 Å². The van der Waals surface area contributed by atoms with E-state index in [1.165, 1.54) is 30.0 Å². The van der Waals surface area contributed by atoms with Crippen molar-refractivity contribution in [2.75, 3.05) is 25.6 Å². The largest absolute Gasteiger partial charge is 0.573 e. The van der Waals surface area contributed by atoms with Crippen molar-refractivity contribution in [3.8, 4) is 17.3 Å². The van der Waals surface area contributed by atoms with Gasteiger partial charge in [-0.1, -0.05) is 54.6 Å². The summed E-state index contributed by atoms with van der Waals surface area (Å²) in [6.07, 6.45) is -4.90. The van der Waals surface area contributed by atoms with E-state index in [0.29, 0.717) is 29.2 Å². The number of halogens is 3. The standard InChI is InChI=1S/C31H34F3N5O5/c1-21-28(37-30(40)36-16-24-15-23(17-41-2)13-14-27(24)44-31(32,33)34)39(26-11-7-4-8-12-26)38-29(21)43-20-25(35)19-42-18-22-9-5-3-6-10-22/h3-15,25H,16-20,35H2,1-2H3,(H2,36,37,40)/t25-/m1/s1. The number of methoxy groups -OCH3 is 1. The first-order chi connectivity index (χ1) is 21.1. The molecular weight excluding hydrogens is 579 g/mol. The van der Waals surface area contributed by atoms with Crippen LogP contribution >= 0.6 is 0 Å². The Kier molecular flexibility index (Phi) is 11.2. The number of hydrogen-bond donors (Lipinski definition) is 3. The molecule has 13 heteroatoms. The topological polar surface area (TPSA) is 122 Å². The summed E-state index contributed by atoms with van der Waals surface area (Å²) in [7, 11) is 1.47. The Bertz CT molecular complexity index is 1500. The first-order valence-corrected chi connectivity index (χ1v) is 13.7. The number of anilines is 1. The molecule has 0 fully saturated rings. The second-order valence-electron chi connectivity index (χ2n) is 9.83. The Morgan fingerprint density at radius 3 is 2.36 bits per heavy atom. The monoisotopic (exact) mass is 613 g/mol. The van der Waals surface area contributed by atoms with Gasteiger partial charge in [-0.15, -0.1) is 18.3 Å². The fraction of sp³-hybridized carbons (Fsp3) is 0.290. The Morgan fingerprint density at radius 2 is 1.68 bits per heavy atom. The molecule has 4 rings (SSSR count). The maximum atomic E-state index is 13.0. The minimum Gasteiger partial charge on any atom is -0.475 e. The lowest BCUT2D eigenvalue weighted by molar-refractivity contribution is -0.274. The van der Waals surface area contributed by atoms with E-state index in [9.17, 15) is 18.0 Å². The van der Waals surface area contributed by atoms with Gasteiger partial charge >= 0.3 is 12.4 Å². The van der Waals surface area contributed by atoms with Crippen molar-refractivity contribution < 1.29 is 36.9 Å². The molecule has 44 heavy (non-hydrogen) atoms. The molecule has 0 radical (unpaired) electrons. The van der Waals surface area contributed by atoms with E-state index in [1.54, 1.807) is 19.1 Å². The third kappa shape index (κ3) is 9.46. The lowest BCUT2D eigenvalue weighted by Crippen LogP contribution is -2.33. The fourth-order valence-electron chi connectivity index (χ4n) is 4.23. The van der Waals surface area contributed by atoms with Crippen LogP contribution in [0, 0.1) is 6.92 Å². The number of para-hydroxylation sites is 1. The molecule has 1 aromatic heterocycles. The minimum atomic E-state index is -4.90. The molecule has 3 aromatic carbocycles. The van der Waals surface area contributed by atoms with Crippen LogP contribution in [0.3, 0.4) is 0 Å². The number of benzene rings is 3. The molecule has 0 aliphatic heterocycles. The number of hydrogen-bond acceptors (Lipinski definition) is 7. The van der Waals surface area contributed by atoms with Crippen LogP contribution in [0.5, 0.6) is 11.6 Å². The molecule has 1 atom stereocenters. The zero-order chi connectivity index (χ0) is 31.5. The average molecular weight is 614 g/mol. The summed E-state index contributed by atoms with van der Waals surface area (Å²) < 4.78 is 61.2. The molecule has 0 unspecified atom stereocenters. The number of urea groups is 1. The Morgan fingerprint density at radius 1 is 0.977 bits per heavy atom. The van der Waals surface area contributed by atoms with E-state index in [2.05, 4.69) is 20.5 Å². The zero-order valence-corrected chi connectivity index (χ0v) is 24.3. The van der Waals surface area contributed by atoms with Crippen LogP contribution in [0.15, 0.2) is 78.9 Å². The predicted octanol–water partition coefficient (Wildman–Crippen LogP) is 5.47. The second-order valence-corrected chi connectivity index (χ2v) is 9.83. The second kappa shape index (κ2) is 15.2. The third-order valence-electron chi connectivity index (χ3n) is 6.29. The molecular formula is C31H34F3N5O5. The van der Waals surface area contributed by atoms with Gasteiger partial charge in [0.15, 0.2) is 0 Å². The number of alkyl halides is 3. The molecule has 10 nitrogen and oxygen atoms in total. The normalized spacial score (nSPS) is 12.0. The lowest BCUT2D eigenvalue weighted by Gasteiger charge is -2.16. The summed E-state index contributed by atoms with van der Waals surface area (Å²) in [5.41, 5.74) is 9.11. The van der Waals surface area contributed by atoms with Gasteiger partial charge in [-0.05, 0) is 42.3 Å². The van der Waals surface area contributed by atoms with E-state index in [4.69, 9.17) is 19.9 Å². The van der Waals surface area contributed by atoms with E-state index in [-0.39, 0.29) is 37.8 Å². The highest BCUT2D eigenvalue weighted by Gasteiger charge is 2.32. The molecule has 4 N–H and O–H groups in total. The highest BCUT2D eigenvalue weighted by Crippen LogP contribution is 2.30. The van der Waals surface area contributed by atoms with E-state index < -0.39 is 24.2 Å². The number of aromatic nitrogens is 2. The Labute approximate surface area is 252 Å². The maximum absolute atomic E-state index is 13.0. The number of amides is 2. The van der Waals surface area contributed by atoms with Crippen molar-refractivity contribution in [2.45, 2.75) is 39.1 Å². The van der Waals surface area contributed by atoms with Crippen LogP contribution in [-0.2, 0) is 29.2 Å². The van der Waals surface area contributed by atoms with E-state index >= 15 is 0 Å². The molecule has 234 valence electrons. The number of nitrogens with one attached hydrogen (secondary N) is 2. The minimum absolute atomic E-state index is 0.104. The molecule has 0 aliphatic rings. The first kappa shape index (κ1) is 32.3. The molecule has 0 spiro atoms. The number of nitrogens with two attached hydrogens (primary N) is 1. The van der Waals surface area contributed by atoms with Crippen molar-refractivity contribution in [3.05, 3.63) is 101 Å². The number of nitrogens with zero attached hydrogens (tertiary/aromatic N) is 2. The Balaban J connectivity index is 1.44. The van der Waals surface area contributed by atoms with Crippen LogP contribution in [0.2, 0.25) is 0 Å². The molecule has 0 saturated heterocycles.